The molecule has 118 valence electrons. The maximum Gasteiger partial charge on any atom is 0.412 e. The Hall–Kier alpha value is -1.47. The highest BCUT2D eigenvalue weighted by molar-refractivity contribution is 8.13. The number of benzene rings is 1. The van der Waals surface area contributed by atoms with Crippen LogP contribution in [0.3, 0.4) is 0 Å². The van der Waals surface area contributed by atoms with Gasteiger partial charge >= 0.3 is 6.09 Å². The SMILES string of the molecule is COc1cc(NC(=O)OC(C)(C)C)ccc1CS(=O)(=O)Cl. The largest absolute Gasteiger partial charge is 0.496 e. The van der Waals surface area contributed by atoms with Crippen LogP contribution in [0.25, 0.3) is 0 Å². The lowest BCUT2D eigenvalue weighted by molar-refractivity contribution is 0.0636. The van der Waals surface area contributed by atoms with Crippen molar-refractivity contribution in [2.75, 3.05) is 12.4 Å². The van der Waals surface area contributed by atoms with Crippen LogP contribution in [-0.4, -0.2) is 27.2 Å². The minimum absolute atomic E-state index is 0.313. The van der Waals surface area contributed by atoms with E-state index in [2.05, 4.69) is 5.32 Å². The Morgan fingerprint density at radius 3 is 2.43 bits per heavy atom. The molecule has 1 N–H and O–H groups in total. The first-order chi connectivity index (χ1) is 9.50. The Labute approximate surface area is 128 Å². The molecule has 0 saturated heterocycles. The first-order valence-corrected chi connectivity index (χ1v) is 8.57. The van der Waals surface area contributed by atoms with Crippen molar-refractivity contribution >= 4 is 31.5 Å². The monoisotopic (exact) mass is 335 g/mol. The predicted molar refractivity (Wildman–Crippen MR) is 81.3 cm³/mol. The van der Waals surface area contributed by atoms with Crippen LogP contribution in [-0.2, 0) is 19.5 Å². The molecule has 8 heteroatoms. The predicted octanol–water partition coefficient (Wildman–Crippen LogP) is 3.11. The van der Waals surface area contributed by atoms with Crippen molar-refractivity contribution in [3.63, 3.8) is 0 Å². The summed E-state index contributed by atoms with van der Waals surface area (Å²) in [5.74, 6) is -0.0439. The quantitative estimate of drug-likeness (QED) is 0.855. The number of hydrogen-bond acceptors (Lipinski definition) is 5. The molecule has 0 atom stereocenters. The van der Waals surface area contributed by atoms with E-state index in [0.717, 1.165) is 0 Å². The van der Waals surface area contributed by atoms with Crippen LogP contribution < -0.4 is 10.1 Å². The van der Waals surface area contributed by atoms with E-state index in [9.17, 15) is 13.2 Å². The van der Waals surface area contributed by atoms with Crippen molar-refractivity contribution in [2.45, 2.75) is 32.1 Å². The summed E-state index contributed by atoms with van der Waals surface area (Å²) in [5, 5.41) is 2.54. The second-order valence-electron chi connectivity index (χ2n) is 5.34. The van der Waals surface area contributed by atoms with Gasteiger partial charge in [0.2, 0.25) is 9.05 Å². The topological polar surface area (TPSA) is 81.7 Å². The zero-order chi connectivity index (χ0) is 16.3. The number of rotatable bonds is 4. The number of hydrogen-bond donors (Lipinski definition) is 1. The molecular weight excluding hydrogens is 318 g/mol. The van der Waals surface area contributed by atoms with Gasteiger partial charge in [-0.2, -0.15) is 0 Å². The molecule has 21 heavy (non-hydrogen) atoms. The van der Waals surface area contributed by atoms with Crippen molar-refractivity contribution in [1.29, 1.82) is 0 Å². The van der Waals surface area contributed by atoms with Gasteiger partial charge in [0.1, 0.15) is 11.4 Å². The van der Waals surface area contributed by atoms with Gasteiger partial charge in [-0.3, -0.25) is 5.32 Å². The van der Waals surface area contributed by atoms with E-state index in [0.29, 0.717) is 17.0 Å². The lowest BCUT2D eigenvalue weighted by atomic mass is 10.2. The van der Waals surface area contributed by atoms with Crippen molar-refractivity contribution < 1.29 is 22.7 Å². The van der Waals surface area contributed by atoms with Gasteiger partial charge in [-0.1, -0.05) is 6.07 Å². The molecule has 1 aromatic rings. The fourth-order valence-corrected chi connectivity index (χ4v) is 2.51. The van der Waals surface area contributed by atoms with Gasteiger partial charge < -0.3 is 9.47 Å². The van der Waals surface area contributed by atoms with Crippen LogP contribution in [0, 0.1) is 0 Å². The molecule has 0 unspecified atom stereocenters. The van der Waals surface area contributed by atoms with Crippen LogP contribution >= 0.6 is 10.7 Å². The van der Waals surface area contributed by atoms with Crippen LogP contribution in [0.15, 0.2) is 18.2 Å². The fraction of sp³-hybridized carbons (Fsp3) is 0.462. The highest BCUT2D eigenvalue weighted by Crippen LogP contribution is 2.26. The highest BCUT2D eigenvalue weighted by atomic mass is 35.7. The van der Waals surface area contributed by atoms with Crippen LogP contribution in [0.2, 0.25) is 0 Å². The molecule has 0 aliphatic carbocycles. The standard InChI is InChI=1S/C13H18ClNO5S/c1-13(2,3)20-12(16)15-10-6-5-9(8-21(14,17)18)11(7-10)19-4/h5-7H,8H2,1-4H3,(H,15,16). The molecule has 1 rings (SSSR count). The first kappa shape index (κ1) is 17.6. The minimum atomic E-state index is -3.69. The van der Waals surface area contributed by atoms with Gasteiger partial charge in [0, 0.05) is 28.0 Å². The molecule has 1 amide bonds. The molecule has 0 bridgehead atoms. The molecule has 1 aromatic carbocycles. The van der Waals surface area contributed by atoms with E-state index in [-0.39, 0.29) is 5.75 Å². The second-order valence-corrected chi connectivity index (χ2v) is 8.11. The average Bonchev–Trinajstić information content (AvgIpc) is 2.26. The molecule has 0 radical (unpaired) electrons. The number of nitrogens with one attached hydrogen (secondary N) is 1. The Balaban J connectivity index is 2.90. The minimum Gasteiger partial charge on any atom is -0.496 e. The Morgan fingerprint density at radius 1 is 1.33 bits per heavy atom. The van der Waals surface area contributed by atoms with Crippen molar-refractivity contribution in [3.8, 4) is 5.75 Å². The second kappa shape index (κ2) is 6.53. The van der Waals surface area contributed by atoms with Gasteiger partial charge in [0.15, 0.2) is 0 Å². The molecule has 0 aromatic heterocycles. The van der Waals surface area contributed by atoms with Crippen molar-refractivity contribution in [2.24, 2.45) is 0 Å². The van der Waals surface area contributed by atoms with Gasteiger partial charge in [-0.05, 0) is 26.8 Å². The van der Waals surface area contributed by atoms with Crippen LogP contribution in [0.1, 0.15) is 26.3 Å². The third kappa shape index (κ3) is 6.68. The highest BCUT2D eigenvalue weighted by Gasteiger charge is 2.17. The lowest BCUT2D eigenvalue weighted by Gasteiger charge is -2.20. The van der Waals surface area contributed by atoms with Gasteiger partial charge in [0.05, 0.1) is 12.9 Å². The summed E-state index contributed by atoms with van der Waals surface area (Å²) in [6, 6.07) is 4.57. The molecule has 0 heterocycles. The van der Waals surface area contributed by atoms with E-state index in [1.165, 1.54) is 19.2 Å². The summed E-state index contributed by atoms with van der Waals surface area (Å²) in [6.07, 6.45) is -0.609. The molecule has 0 aliphatic rings. The van der Waals surface area contributed by atoms with Crippen LogP contribution in [0.5, 0.6) is 5.75 Å². The summed E-state index contributed by atoms with van der Waals surface area (Å²) in [5.41, 5.74) is 0.222. The third-order valence-electron chi connectivity index (χ3n) is 2.26. The number of methoxy groups -OCH3 is 1. The number of ether oxygens (including phenoxy) is 2. The summed E-state index contributed by atoms with van der Waals surface area (Å²) in [4.78, 5) is 11.7. The number of halogens is 1. The Kier molecular flexibility index (Phi) is 5.47. The molecule has 0 aliphatic heterocycles. The smallest absolute Gasteiger partial charge is 0.412 e. The maximum absolute atomic E-state index is 11.7. The van der Waals surface area contributed by atoms with Crippen molar-refractivity contribution in [3.05, 3.63) is 23.8 Å². The molecule has 6 nitrogen and oxygen atoms in total. The normalized spacial score (nSPS) is 11.9. The van der Waals surface area contributed by atoms with E-state index >= 15 is 0 Å². The molecule has 0 saturated carbocycles. The van der Waals surface area contributed by atoms with Crippen LogP contribution in [0.4, 0.5) is 10.5 Å². The van der Waals surface area contributed by atoms with E-state index in [1.807, 2.05) is 0 Å². The zero-order valence-electron chi connectivity index (χ0n) is 12.3. The molecular formula is C13H18ClNO5S. The van der Waals surface area contributed by atoms with Gasteiger partial charge in [0.25, 0.3) is 0 Å². The molecule has 0 fully saturated rings. The number of carbonyl (C=O) groups excluding carboxylic acids is 1. The van der Waals surface area contributed by atoms with Crippen molar-refractivity contribution in [1.82, 2.24) is 0 Å². The fourth-order valence-electron chi connectivity index (χ4n) is 1.55. The summed E-state index contributed by atoms with van der Waals surface area (Å²) in [7, 11) is 2.93. The van der Waals surface area contributed by atoms with E-state index < -0.39 is 20.7 Å². The van der Waals surface area contributed by atoms with E-state index in [4.69, 9.17) is 20.2 Å². The number of carbonyl (C=O) groups is 1. The van der Waals surface area contributed by atoms with E-state index in [1.54, 1.807) is 26.8 Å². The summed E-state index contributed by atoms with van der Waals surface area (Å²) in [6.45, 7) is 5.25. The van der Waals surface area contributed by atoms with Gasteiger partial charge in [-0.25, -0.2) is 13.2 Å². The number of amides is 1. The molecule has 0 spiro atoms. The van der Waals surface area contributed by atoms with Gasteiger partial charge in [-0.15, -0.1) is 0 Å². The summed E-state index contributed by atoms with van der Waals surface area (Å²) < 4.78 is 32.4. The first-order valence-electron chi connectivity index (χ1n) is 6.09. The maximum atomic E-state index is 11.7. The Bertz CT molecular complexity index is 622. The average molecular weight is 336 g/mol. The lowest BCUT2D eigenvalue weighted by Crippen LogP contribution is -2.27. The summed E-state index contributed by atoms with van der Waals surface area (Å²) >= 11 is 0. The number of anilines is 1. The Morgan fingerprint density at radius 2 is 1.95 bits per heavy atom. The third-order valence-corrected chi connectivity index (χ3v) is 3.24. The zero-order valence-corrected chi connectivity index (χ0v) is 13.8.